The molecule has 0 aliphatic heterocycles. The minimum absolute atomic E-state index is 0.426. The molecular weight excluding hydrogens is 216 g/mol. The molecule has 2 rings (SSSR count). The summed E-state index contributed by atoms with van der Waals surface area (Å²) in [6.07, 6.45) is 6.10. The largest absolute Gasteiger partial charge is 0.389 e. The predicted molar refractivity (Wildman–Crippen MR) is 64.5 cm³/mol. The molecular formula is C12H18N4O. The van der Waals surface area contributed by atoms with Gasteiger partial charge in [-0.05, 0) is 25.0 Å². The smallest absolute Gasteiger partial charge is 0.146 e. The van der Waals surface area contributed by atoms with Gasteiger partial charge in [-0.25, -0.2) is 9.67 Å². The van der Waals surface area contributed by atoms with Crippen LogP contribution >= 0.6 is 0 Å². The minimum Gasteiger partial charge on any atom is -0.389 e. The lowest BCUT2D eigenvalue weighted by atomic mass is 10.2. The summed E-state index contributed by atoms with van der Waals surface area (Å²) in [6.45, 7) is 5.46. The second-order valence-electron chi connectivity index (χ2n) is 4.19. The van der Waals surface area contributed by atoms with Crippen LogP contribution in [0.4, 0.5) is 0 Å². The number of aryl methyl sites for hydroxylation is 1. The van der Waals surface area contributed by atoms with Crippen molar-refractivity contribution < 1.29 is 5.11 Å². The van der Waals surface area contributed by atoms with Gasteiger partial charge < -0.3 is 9.67 Å². The Kier molecular flexibility index (Phi) is 3.58. The standard InChI is InChI=1S/C12H18N4O/c1-3-5-16-12(13-9-14-16)8-15-6-4-11(7-15)10(2)17/h4,6-7,9-10,17H,3,5,8H2,1-2H3. The first-order chi connectivity index (χ1) is 8.20. The molecule has 2 heterocycles. The van der Waals surface area contributed by atoms with Crippen molar-refractivity contribution in [1.82, 2.24) is 19.3 Å². The van der Waals surface area contributed by atoms with Crippen LogP contribution in [0.1, 0.15) is 37.8 Å². The summed E-state index contributed by atoms with van der Waals surface area (Å²) in [5.41, 5.74) is 0.923. The van der Waals surface area contributed by atoms with Crippen LogP contribution in [0, 0.1) is 0 Å². The van der Waals surface area contributed by atoms with Crippen molar-refractivity contribution in [1.29, 1.82) is 0 Å². The number of aromatic nitrogens is 4. The summed E-state index contributed by atoms with van der Waals surface area (Å²) < 4.78 is 3.93. The second-order valence-corrected chi connectivity index (χ2v) is 4.19. The van der Waals surface area contributed by atoms with E-state index in [1.54, 1.807) is 13.3 Å². The van der Waals surface area contributed by atoms with Crippen LogP contribution in [0.25, 0.3) is 0 Å². The van der Waals surface area contributed by atoms with Crippen molar-refractivity contribution in [3.05, 3.63) is 36.2 Å². The van der Waals surface area contributed by atoms with Gasteiger partial charge in [-0.15, -0.1) is 0 Å². The molecule has 0 fully saturated rings. The number of rotatable bonds is 5. The Morgan fingerprint density at radius 3 is 2.94 bits per heavy atom. The fourth-order valence-electron chi connectivity index (χ4n) is 1.78. The lowest BCUT2D eigenvalue weighted by Gasteiger charge is -2.05. The highest BCUT2D eigenvalue weighted by molar-refractivity contribution is 5.13. The Morgan fingerprint density at radius 1 is 1.47 bits per heavy atom. The maximum Gasteiger partial charge on any atom is 0.146 e. The number of nitrogens with zero attached hydrogens (tertiary/aromatic N) is 4. The molecule has 0 aliphatic rings. The average molecular weight is 234 g/mol. The average Bonchev–Trinajstić information content (AvgIpc) is 2.90. The SMILES string of the molecule is CCCn1ncnc1Cn1ccc(C(C)O)c1. The molecule has 0 saturated heterocycles. The van der Waals surface area contributed by atoms with E-state index >= 15 is 0 Å². The van der Waals surface area contributed by atoms with E-state index in [9.17, 15) is 5.11 Å². The molecule has 0 spiro atoms. The minimum atomic E-state index is -0.426. The van der Waals surface area contributed by atoms with Crippen molar-refractivity contribution in [2.45, 2.75) is 39.5 Å². The lowest BCUT2D eigenvalue weighted by Crippen LogP contribution is -2.09. The molecule has 0 aromatic carbocycles. The molecule has 2 aromatic rings. The van der Waals surface area contributed by atoms with Crippen LogP contribution in [-0.2, 0) is 13.1 Å². The third-order valence-electron chi connectivity index (χ3n) is 2.71. The molecule has 92 valence electrons. The number of aliphatic hydroxyl groups is 1. The van der Waals surface area contributed by atoms with E-state index in [-0.39, 0.29) is 0 Å². The van der Waals surface area contributed by atoms with Gasteiger partial charge in [-0.2, -0.15) is 5.10 Å². The summed E-state index contributed by atoms with van der Waals surface area (Å²) >= 11 is 0. The van der Waals surface area contributed by atoms with Crippen molar-refractivity contribution >= 4 is 0 Å². The van der Waals surface area contributed by atoms with Gasteiger partial charge >= 0.3 is 0 Å². The maximum atomic E-state index is 9.46. The van der Waals surface area contributed by atoms with Gasteiger partial charge in [0.25, 0.3) is 0 Å². The molecule has 1 N–H and O–H groups in total. The zero-order chi connectivity index (χ0) is 12.3. The van der Waals surface area contributed by atoms with E-state index in [0.717, 1.165) is 24.4 Å². The van der Waals surface area contributed by atoms with Gasteiger partial charge in [0, 0.05) is 18.9 Å². The molecule has 5 heteroatoms. The quantitative estimate of drug-likeness (QED) is 0.854. The van der Waals surface area contributed by atoms with Crippen molar-refractivity contribution in [2.24, 2.45) is 0 Å². The summed E-state index contributed by atoms with van der Waals surface area (Å²) in [4.78, 5) is 4.25. The van der Waals surface area contributed by atoms with Crippen molar-refractivity contribution in [3.8, 4) is 0 Å². The molecule has 0 amide bonds. The van der Waals surface area contributed by atoms with Gasteiger partial charge in [0.2, 0.25) is 0 Å². The Labute approximate surface area is 101 Å². The summed E-state index contributed by atoms with van der Waals surface area (Å²) in [6, 6.07) is 1.92. The Balaban J connectivity index is 2.11. The fraction of sp³-hybridized carbons (Fsp3) is 0.500. The van der Waals surface area contributed by atoms with E-state index in [0.29, 0.717) is 6.54 Å². The highest BCUT2D eigenvalue weighted by atomic mass is 16.3. The third-order valence-corrected chi connectivity index (χ3v) is 2.71. The molecule has 0 bridgehead atoms. The predicted octanol–water partition coefficient (Wildman–Crippen LogP) is 1.59. The van der Waals surface area contributed by atoms with Gasteiger partial charge in [0.15, 0.2) is 0 Å². The molecule has 0 aliphatic carbocycles. The van der Waals surface area contributed by atoms with E-state index in [1.807, 2.05) is 27.7 Å². The summed E-state index contributed by atoms with van der Waals surface area (Å²) in [5, 5.41) is 13.6. The summed E-state index contributed by atoms with van der Waals surface area (Å²) in [7, 11) is 0. The van der Waals surface area contributed by atoms with E-state index in [4.69, 9.17) is 0 Å². The highest BCUT2D eigenvalue weighted by Gasteiger charge is 2.06. The molecule has 0 radical (unpaired) electrons. The maximum absolute atomic E-state index is 9.46. The Hall–Kier alpha value is -1.62. The normalized spacial score (nSPS) is 12.9. The highest BCUT2D eigenvalue weighted by Crippen LogP contribution is 2.12. The van der Waals surface area contributed by atoms with Crippen LogP contribution < -0.4 is 0 Å². The van der Waals surface area contributed by atoms with E-state index in [2.05, 4.69) is 17.0 Å². The first-order valence-electron chi connectivity index (χ1n) is 5.91. The molecule has 5 nitrogen and oxygen atoms in total. The third kappa shape index (κ3) is 2.74. The van der Waals surface area contributed by atoms with Crippen LogP contribution in [0.2, 0.25) is 0 Å². The van der Waals surface area contributed by atoms with Gasteiger partial charge in [-0.1, -0.05) is 6.92 Å². The van der Waals surface area contributed by atoms with E-state index < -0.39 is 6.10 Å². The van der Waals surface area contributed by atoms with Crippen LogP contribution in [0.3, 0.4) is 0 Å². The Morgan fingerprint density at radius 2 is 2.29 bits per heavy atom. The zero-order valence-electron chi connectivity index (χ0n) is 10.2. The summed E-state index contributed by atoms with van der Waals surface area (Å²) in [5.74, 6) is 0.944. The van der Waals surface area contributed by atoms with Gasteiger partial charge in [0.1, 0.15) is 12.2 Å². The van der Waals surface area contributed by atoms with Crippen molar-refractivity contribution in [2.75, 3.05) is 0 Å². The topological polar surface area (TPSA) is 55.9 Å². The molecule has 1 unspecified atom stereocenters. The molecule has 1 atom stereocenters. The lowest BCUT2D eigenvalue weighted by molar-refractivity contribution is 0.199. The zero-order valence-corrected chi connectivity index (χ0v) is 10.2. The molecule has 2 aromatic heterocycles. The number of hydrogen-bond donors (Lipinski definition) is 1. The molecule has 17 heavy (non-hydrogen) atoms. The molecule has 0 saturated carbocycles. The number of hydrogen-bond acceptors (Lipinski definition) is 3. The second kappa shape index (κ2) is 5.14. The van der Waals surface area contributed by atoms with Crippen LogP contribution in [0.15, 0.2) is 24.8 Å². The fourth-order valence-corrected chi connectivity index (χ4v) is 1.78. The van der Waals surface area contributed by atoms with Crippen LogP contribution in [-0.4, -0.2) is 24.4 Å². The van der Waals surface area contributed by atoms with Crippen molar-refractivity contribution in [3.63, 3.8) is 0 Å². The van der Waals surface area contributed by atoms with Gasteiger partial charge in [-0.3, -0.25) is 0 Å². The van der Waals surface area contributed by atoms with E-state index in [1.165, 1.54) is 0 Å². The van der Waals surface area contributed by atoms with Crippen LogP contribution in [0.5, 0.6) is 0 Å². The Bertz CT molecular complexity index is 472. The van der Waals surface area contributed by atoms with Gasteiger partial charge in [0.05, 0.1) is 12.6 Å². The first kappa shape index (κ1) is 11.9. The number of aliphatic hydroxyl groups excluding tert-OH is 1. The monoisotopic (exact) mass is 234 g/mol. The first-order valence-corrected chi connectivity index (χ1v) is 5.91.